The van der Waals surface area contributed by atoms with Gasteiger partial charge in [0.1, 0.15) is 12.0 Å². The number of sulfonamides is 1. The molecular formula is C24H27N5O4S2. The SMILES string of the molecule is O.O.O=S(=O)(Nc1ccc(-c2ncnc3[nH]c(-c4ccc(NSC5CC5)cc4)cc23)cc1)C1CC1. The highest BCUT2D eigenvalue weighted by atomic mass is 32.2. The zero-order chi connectivity index (χ0) is 22.4. The number of benzene rings is 2. The molecule has 0 saturated heterocycles. The molecule has 7 N–H and O–H groups in total. The molecule has 0 atom stereocenters. The first-order valence-electron chi connectivity index (χ1n) is 11.0. The summed E-state index contributed by atoms with van der Waals surface area (Å²) in [5, 5.41) is 1.42. The third-order valence-electron chi connectivity index (χ3n) is 5.87. The lowest BCUT2D eigenvalue weighted by Gasteiger charge is -2.08. The minimum atomic E-state index is -3.27. The Morgan fingerprint density at radius 3 is 2.17 bits per heavy atom. The van der Waals surface area contributed by atoms with E-state index >= 15 is 0 Å². The largest absolute Gasteiger partial charge is 0.412 e. The third-order valence-corrected chi connectivity index (χ3v) is 8.90. The lowest BCUT2D eigenvalue weighted by Crippen LogP contribution is -2.17. The average Bonchev–Trinajstić information content (AvgIpc) is 3.75. The van der Waals surface area contributed by atoms with Gasteiger partial charge in [-0.1, -0.05) is 24.3 Å². The summed E-state index contributed by atoms with van der Waals surface area (Å²) in [6.45, 7) is 0. The van der Waals surface area contributed by atoms with E-state index in [1.54, 1.807) is 30.4 Å². The first-order chi connectivity index (χ1) is 16.0. The minimum Gasteiger partial charge on any atom is -0.412 e. The van der Waals surface area contributed by atoms with E-state index in [1.807, 2.05) is 12.1 Å². The molecule has 0 aliphatic heterocycles. The summed E-state index contributed by atoms with van der Waals surface area (Å²) in [6.07, 6.45) is 5.62. The molecule has 2 saturated carbocycles. The van der Waals surface area contributed by atoms with Gasteiger partial charge in [0.25, 0.3) is 0 Å². The van der Waals surface area contributed by atoms with Crippen LogP contribution in [-0.2, 0) is 10.0 Å². The second kappa shape index (κ2) is 9.86. The molecule has 2 aliphatic carbocycles. The van der Waals surface area contributed by atoms with Crippen LogP contribution in [0.4, 0.5) is 11.4 Å². The Labute approximate surface area is 207 Å². The number of hydrogen-bond acceptors (Lipinski definition) is 6. The maximum absolute atomic E-state index is 12.2. The van der Waals surface area contributed by atoms with Gasteiger partial charge >= 0.3 is 0 Å². The Morgan fingerprint density at radius 1 is 0.857 bits per heavy atom. The summed E-state index contributed by atoms with van der Waals surface area (Å²) in [5.41, 5.74) is 6.19. The number of anilines is 2. The molecule has 0 spiro atoms. The van der Waals surface area contributed by atoms with E-state index in [0.717, 1.165) is 57.3 Å². The van der Waals surface area contributed by atoms with Crippen molar-refractivity contribution in [2.75, 3.05) is 9.44 Å². The molecule has 6 rings (SSSR count). The van der Waals surface area contributed by atoms with Crippen molar-refractivity contribution in [2.45, 2.75) is 36.2 Å². The van der Waals surface area contributed by atoms with Gasteiger partial charge in [-0.15, -0.1) is 0 Å². The van der Waals surface area contributed by atoms with Gasteiger partial charge < -0.3 is 20.7 Å². The standard InChI is InChI=1S/C24H23N5O2S2.2H2O/c30-33(31,20-11-12-20)29-18-7-3-16(4-8-18)23-21-13-22(27-24(21)26-14-25-23)15-1-5-17(6-2-15)28-32-19-9-10-19;;/h1-8,13-14,19-20,28-29H,9-12H2,(H,25,26,27);2*1H2. The van der Waals surface area contributed by atoms with Crippen LogP contribution in [0.1, 0.15) is 25.7 Å². The van der Waals surface area contributed by atoms with E-state index in [-0.39, 0.29) is 16.2 Å². The third kappa shape index (κ3) is 5.43. The number of rotatable bonds is 8. The van der Waals surface area contributed by atoms with Gasteiger partial charge in [0.2, 0.25) is 10.0 Å². The monoisotopic (exact) mass is 513 g/mol. The van der Waals surface area contributed by atoms with Crippen molar-refractivity contribution >= 4 is 44.4 Å². The molecule has 4 aromatic rings. The molecule has 184 valence electrons. The predicted octanol–water partition coefficient (Wildman–Crippen LogP) is 3.77. The lowest BCUT2D eigenvalue weighted by atomic mass is 10.1. The molecule has 35 heavy (non-hydrogen) atoms. The molecule has 0 bridgehead atoms. The Morgan fingerprint density at radius 2 is 1.51 bits per heavy atom. The van der Waals surface area contributed by atoms with Crippen molar-refractivity contribution in [3.63, 3.8) is 0 Å². The van der Waals surface area contributed by atoms with Gasteiger partial charge in [-0.25, -0.2) is 18.4 Å². The Kier molecular flexibility index (Phi) is 7.04. The summed E-state index contributed by atoms with van der Waals surface area (Å²) in [6, 6.07) is 17.8. The summed E-state index contributed by atoms with van der Waals surface area (Å²) < 4.78 is 30.4. The highest BCUT2D eigenvalue weighted by Gasteiger charge is 2.35. The van der Waals surface area contributed by atoms with Gasteiger partial charge in [0.15, 0.2) is 0 Å². The molecule has 0 unspecified atom stereocenters. The van der Waals surface area contributed by atoms with Crippen LogP contribution in [0, 0.1) is 0 Å². The van der Waals surface area contributed by atoms with Crippen LogP contribution in [-0.4, -0.2) is 44.8 Å². The van der Waals surface area contributed by atoms with Gasteiger partial charge in [-0.3, -0.25) is 4.72 Å². The van der Waals surface area contributed by atoms with E-state index in [9.17, 15) is 8.42 Å². The molecule has 0 amide bonds. The topological polar surface area (TPSA) is 163 Å². The molecule has 0 radical (unpaired) electrons. The number of hydrogen-bond donors (Lipinski definition) is 3. The van der Waals surface area contributed by atoms with Crippen LogP contribution in [0.3, 0.4) is 0 Å². The zero-order valence-corrected chi connectivity index (χ0v) is 20.4. The van der Waals surface area contributed by atoms with Crippen molar-refractivity contribution < 1.29 is 19.4 Å². The minimum absolute atomic E-state index is 0. The zero-order valence-electron chi connectivity index (χ0n) is 18.8. The van der Waals surface area contributed by atoms with Crippen molar-refractivity contribution in [1.82, 2.24) is 15.0 Å². The van der Waals surface area contributed by atoms with Crippen LogP contribution in [0.25, 0.3) is 33.5 Å². The second-order valence-corrected chi connectivity index (χ2v) is 11.7. The van der Waals surface area contributed by atoms with E-state index in [4.69, 9.17) is 0 Å². The molecule has 9 nitrogen and oxygen atoms in total. The molecule has 2 aromatic carbocycles. The smallest absolute Gasteiger partial charge is 0.235 e. The van der Waals surface area contributed by atoms with Crippen LogP contribution in [0.5, 0.6) is 0 Å². The number of nitrogens with one attached hydrogen (secondary N) is 3. The van der Waals surface area contributed by atoms with Crippen LogP contribution in [0.2, 0.25) is 0 Å². The van der Waals surface area contributed by atoms with Crippen molar-refractivity contribution in [3.05, 3.63) is 60.9 Å². The number of aromatic nitrogens is 3. The van der Waals surface area contributed by atoms with Crippen LogP contribution < -0.4 is 9.44 Å². The first kappa shape index (κ1) is 25.0. The molecule has 2 aliphatic rings. The summed E-state index contributed by atoms with van der Waals surface area (Å²) in [5.74, 6) is 0. The predicted molar refractivity (Wildman–Crippen MR) is 142 cm³/mol. The number of aromatic amines is 1. The van der Waals surface area contributed by atoms with Crippen molar-refractivity contribution in [3.8, 4) is 22.5 Å². The Balaban J connectivity index is 0.00000144. The maximum Gasteiger partial charge on any atom is 0.235 e. The van der Waals surface area contributed by atoms with Crippen LogP contribution in [0.15, 0.2) is 60.9 Å². The van der Waals surface area contributed by atoms with E-state index < -0.39 is 10.0 Å². The van der Waals surface area contributed by atoms with Crippen LogP contribution >= 0.6 is 11.9 Å². The van der Waals surface area contributed by atoms with E-state index in [0.29, 0.717) is 5.69 Å². The fourth-order valence-electron chi connectivity index (χ4n) is 3.70. The fraction of sp³-hybridized carbons (Fsp3) is 0.250. The molecule has 2 heterocycles. The molecule has 2 aromatic heterocycles. The van der Waals surface area contributed by atoms with Crippen molar-refractivity contribution in [2.24, 2.45) is 0 Å². The highest BCUT2D eigenvalue weighted by Crippen LogP contribution is 2.35. The number of H-pyrrole nitrogens is 1. The average molecular weight is 514 g/mol. The normalized spacial score (nSPS) is 15.2. The Bertz CT molecular complexity index is 1410. The van der Waals surface area contributed by atoms with Gasteiger partial charge in [0, 0.05) is 33.3 Å². The Hall–Kier alpha value is -3.12. The molecular weight excluding hydrogens is 486 g/mol. The van der Waals surface area contributed by atoms with Crippen molar-refractivity contribution in [1.29, 1.82) is 0 Å². The fourth-order valence-corrected chi connectivity index (χ4v) is 5.90. The highest BCUT2D eigenvalue weighted by molar-refractivity contribution is 8.01. The second-order valence-electron chi connectivity index (χ2n) is 8.59. The summed E-state index contributed by atoms with van der Waals surface area (Å²) in [4.78, 5) is 12.3. The number of nitrogens with zero attached hydrogens (tertiary/aromatic N) is 2. The number of fused-ring (bicyclic) bond motifs is 1. The molecule has 2 fully saturated rings. The van der Waals surface area contributed by atoms with Gasteiger partial charge in [-0.2, -0.15) is 0 Å². The lowest BCUT2D eigenvalue weighted by molar-refractivity contribution is 0.600. The molecule has 11 heteroatoms. The van der Waals surface area contributed by atoms with Gasteiger partial charge in [0.05, 0.1) is 10.9 Å². The summed E-state index contributed by atoms with van der Waals surface area (Å²) >= 11 is 1.79. The van der Waals surface area contributed by atoms with Gasteiger partial charge in [-0.05, 0) is 73.5 Å². The summed E-state index contributed by atoms with van der Waals surface area (Å²) in [7, 11) is -3.27. The first-order valence-corrected chi connectivity index (χ1v) is 13.5. The maximum atomic E-state index is 12.2. The quantitative estimate of drug-likeness (QED) is 0.304. The van der Waals surface area contributed by atoms with E-state index in [1.165, 1.54) is 12.8 Å². The van der Waals surface area contributed by atoms with E-state index in [2.05, 4.69) is 54.7 Å².